The van der Waals surface area contributed by atoms with Crippen LogP contribution < -0.4 is 19.5 Å². The summed E-state index contributed by atoms with van der Waals surface area (Å²) in [5, 5.41) is 14.3. The molecule has 0 bridgehead atoms. The van der Waals surface area contributed by atoms with E-state index < -0.39 is 0 Å². The minimum absolute atomic E-state index is 0.0478. The van der Waals surface area contributed by atoms with E-state index in [2.05, 4.69) is 35.2 Å². The molecule has 1 unspecified atom stereocenters. The summed E-state index contributed by atoms with van der Waals surface area (Å²) in [5.41, 5.74) is 2.30. The van der Waals surface area contributed by atoms with E-state index in [1.165, 1.54) is 0 Å². The zero-order valence-electron chi connectivity index (χ0n) is 19.9. The van der Waals surface area contributed by atoms with Gasteiger partial charge in [-0.1, -0.05) is 11.6 Å². The van der Waals surface area contributed by atoms with Gasteiger partial charge >= 0.3 is 0 Å². The van der Waals surface area contributed by atoms with Gasteiger partial charge < -0.3 is 24.4 Å². The Morgan fingerprint density at radius 1 is 1.15 bits per heavy atom. The SMILES string of the molecule is COc1ccc(Cl)c(Nc2c(C#N)cnc3cc(OC(C)C4CCN(C)CC4)c(OC)cc23)c1. The van der Waals surface area contributed by atoms with Crippen molar-refractivity contribution in [3.63, 3.8) is 0 Å². The van der Waals surface area contributed by atoms with Crippen LogP contribution in [-0.4, -0.2) is 50.3 Å². The number of hydrogen-bond acceptors (Lipinski definition) is 7. The Balaban J connectivity index is 1.71. The summed E-state index contributed by atoms with van der Waals surface area (Å²) in [4.78, 5) is 6.86. The number of nitriles is 1. The molecule has 4 rings (SSSR count). The highest BCUT2D eigenvalue weighted by molar-refractivity contribution is 6.33. The number of likely N-dealkylation sites (tertiary alicyclic amines) is 1. The van der Waals surface area contributed by atoms with Gasteiger partial charge in [-0.15, -0.1) is 0 Å². The number of benzene rings is 2. The fraction of sp³-hybridized carbons (Fsp3) is 0.385. The molecule has 1 fully saturated rings. The Kier molecular flexibility index (Phi) is 7.30. The van der Waals surface area contributed by atoms with Gasteiger partial charge in [-0.25, -0.2) is 0 Å². The molecule has 8 heteroatoms. The average Bonchev–Trinajstić information content (AvgIpc) is 2.85. The Morgan fingerprint density at radius 3 is 2.59 bits per heavy atom. The second-order valence-electron chi connectivity index (χ2n) is 8.61. The Morgan fingerprint density at radius 2 is 1.91 bits per heavy atom. The van der Waals surface area contributed by atoms with Crippen molar-refractivity contribution in [2.75, 3.05) is 39.7 Å². The van der Waals surface area contributed by atoms with E-state index in [0.717, 1.165) is 31.3 Å². The molecular formula is C26H29ClN4O3. The maximum Gasteiger partial charge on any atom is 0.163 e. The first-order chi connectivity index (χ1) is 16.4. The van der Waals surface area contributed by atoms with Crippen LogP contribution in [0.1, 0.15) is 25.3 Å². The predicted molar refractivity (Wildman–Crippen MR) is 135 cm³/mol. The van der Waals surface area contributed by atoms with Gasteiger partial charge in [-0.2, -0.15) is 5.26 Å². The van der Waals surface area contributed by atoms with Gasteiger partial charge in [0.25, 0.3) is 0 Å². The lowest BCUT2D eigenvalue weighted by molar-refractivity contribution is 0.0953. The van der Waals surface area contributed by atoms with Crippen molar-refractivity contribution in [2.45, 2.75) is 25.9 Å². The first kappa shape index (κ1) is 23.9. The number of anilines is 2. The Hall–Kier alpha value is -3.21. The van der Waals surface area contributed by atoms with Crippen LogP contribution in [0.2, 0.25) is 5.02 Å². The number of halogens is 1. The molecule has 0 aliphatic carbocycles. The van der Waals surface area contributed by atoms with Crippen molar-refractivity contribution in [3.05, 3.63) is 47.1 Å². The summed E-state index contributed by atoms with van der Waals surface area (Å²) < 4.78 is 17.4. The molecule has 0 amide bonds. The van der Waals surface area contributed by atoms with Crippen LogP contribution >= 0.6 is 11.6 Å². The van der Waals surface area contributed by atoms with Gasteiger partial charge in [-0.3, -0.25) is 4.98 Å². The molecule has 2 aromatic carbocycles. The number of fused-ring (bicyclic) bond motifs is 1. The highest BCUT2D eigenvalue weighted by atomic mass is 35.5. The zero-order valence-corrected chi connectivity index (χ0v) is 20.6. The number of aromatic nitrogens is 1. The number of hydrogen-bond donors (Lipinski definition) is 1. The highest BCUT2D eigenvalue weighted by Gasteiger charge is 2.25. The number of methoxy groups -OCH3 is 2. The van der Waals surface area contributed by atoms with Crippen molar-refractivity contribution in [2.24, 2.45) is 5.92 Å². The van der Waals surface area contributed by atoms with Gasteiger partial charge in [0, 0.05) is 23.7 Å². The van der Waals surface area contributed by atoms with Gasteiger partial charge in [0.2, 0.25) is 0 Å². The molecule has 0 spiro atoms. The lowest BCUT2D eigenvalue weighted by Crippen LogP contribution is -2.36. The summed E-state index contributed by atoms with van der Waals surface area (Å²) in [6, 6.07) is 11.3. The van der Waals surface area contributed by atoms with Crippen molar-refractivity contribution in [1.82, 2.24) is 9.88 Å². The van der Waals surface area contributed by atoms with E-state index in [-0.39, 0.29) is 6.10 Å². The number of piperidine rings is 1. The third-order valence-corrected chi connectivity index (χ3v) is 6.78. The molecule has 7 nitrogen and oxygen atoms in total. The van der Waals surface area contributed by atoms with Crippen molar-refractivity contribution >= 4 is 33.9 Å². The van der Waals surface area contributed by atoms with Gasteiger partial charge in [0.1, 0.15) is 11.8 Å². The van der Waals surface area contributed by atoms with Crippen LogP contribution in [0.5, 0.6) is 17.2 Å². The summed E-state index contributed by atoms with van der Waals surface area (Å²) >= 11 is 6.41. The second kappa shape index (κ2) is 10.4. The molecule has 3 aromatic rings. The van der Waals surface area contributed by atoms with Crippen LogP contribution in [0.25, 0.3) is 10.9 Å². The largest absolute Gasteiger partial charge is 0.497 e. The minimum Gasteiger partial charge on any atom is -0.497 e. The predicted octanol–water partition coefficient (Wildman–Crippen LogP) is 5.63. The maximum atomic E-state index is 9.74. The molecule has 1 saturated heterocycles. The normalized spacial score (nSPS) is 15.5. The fourth-order valence-corrected chi connectivity index (χ4v) is 4.49. The van der Waals surface area contributed by atoms with Crippen molar-refractivity contribution in [1.29, 1.82) is 5.26 Å². The van der Waals surface area contributed by atoms with E-state index in [4.69, 9.17) is 25.8 Å². The van der Waals surface area contributed by atoms with E-state index in [1.807, 2.05) is 12.1 Å². The molecule has 1 aromatic heterocycles. The fourth-order valence-electron chi connectivity index (χ4n) is 4.33. The molecule has 2 heterocycles. The first-order valence-corrected chi connectivity index (χ1v) is 11.7. The molecule has 1 aliphatic rings. The number of pyridine rings is 1. The summed E-state index contributed by atoms with van der Waals surface area (Å²) in [6.07, 6.45) is 3.81. The smallest absolute Gasteiger partial charge is 0.163 e. The Labute approximate surface area is 205 Å². The van der Waals surface area contributed by atoms with Gasteiger partial charge in [0.15, 0.2) is 11.5 Å². The number of nitrogens with zero attached hydrogens (tertiary/aromatic N) is 3. The van der Waals surface area contributed by atoms with Crippen molar-refractivity contribution < 1.29 is 14.2 Å². The van der Waals surface area contributed by atoms with Crippen molar-refractivity contribution in [3.8, 4) is 23.3 Å². The quantitative estimate of drug-likeness (QED) is 0.469. The summed E-state index contributed by atoms with van der Waals surface area (Å²) in [6.45, 7) is 4.27. The molecule has 34 heavy (non-hydrogen) atoms. The monoisotopic (exact) mass is 480 g/mol. The third-order valence-electron chi connectivity index (χ3n) is 6.45. The van der Waals surface area contributed by atoms with Crippen LogP contribution in [0, 0.1) is 17.2 Å². The number of rotatable bonds is 7. The molecular weight excluding hydrogens is 452 g/mol. The first-order valence-electron chi connectivity index (χ1n) is 11.3. The Bertz CT molecular complexity index is 1220. The summed E-state index contributed by atoms with van der Waals surface area (Å²) in [5.74, 6) is 2.37. The van der Waals surface area contributed by atoms with E-state index >= 15 is 0 Å². The van der Waals surface area contributed by atoms with Crippen LogP contribution in [0.3, 0.4) is 0 Å². The van der Waals surface area contributed by atoms with Crippen LogP contribution in [0.4, 0.5) is 11.4 Å². The minimum atomic E-state index is 0.0478. The lowest BCUT2D eigenvalue weighted by atomic mass is 9.92. The lowest BCUT2D eigenvalue weighted by Gasteiger charge is -2.33. The van der Waals surface area contributed by atoms with Gasteiger partial charge in [0.05, 0.1) is 47.8 Å². The van der Waals surface area contributed by atoms with E-state index in [0.29, 0.717) is 50.6 Å². The molecule has 0 radical (unpaired) electrons. The molecule has 178 valence electrons. The maximum absolute atomic E-state index is 9.74. The van der Waals surface area contributed by atoms with E-state index in [1.54, 1.807) is 38.6 Å². The molecule has 1 N–H and O–H groups in total. The molecule has 0 saturated carbocycles. The molecule has 1 aliphatic heterocycles. The van der Waals surface area contributed by atoms with Gasteiger partial charge in [-0.05, 0) is 64.0 Å². The standard InChI is InChI=1S/C26H29ClN4O3/c1-16(17-7-9-31(2)10-8-17)34-25-13-22-20(12-24(25)33-4)26(18(14-28)15-29-22)30-23-11-19(32-3)5-6-21(23)27/h5-6,11-13,15-17H,7-10H2,1-4H3,(H,29,30). The average molecular weight is 481 g/mol. The number of ether oxygens (including phenoxy) is 3. The third kappa shape index (κ3) is 4.98. The number of nitrogens with one attached hydrogen (secondary N) is 1. The second-order valence-corrected chi connectivity index (χ2v) is 9.02. The summed E-state index contributed by atoms with van der Waals surface area (Å²) in [7, 11) is 5.36. The molecule has 1 atom stereocenters. The topological polar surface area (TPSA) is 79.6 Å². The zero-order chi connectivity index (χ0) is 24.2. The highest BCUT2D eigenvalue weighted by Crippen LogP contribution is 2.39. The van der Waals surface area contributed by atoms with Crippen LogP contribution in [0.15, 0.2) is 36.5 Å². The van der Waals surface area contributed by atoms with Crippen LogP contribution in [-0.2, 0) is 0 Å². The van der Waals surface area contributed by atoms with E-state index in [9.17, 15) is 5.26 Å².